The van der Waals surface area contributed by atoms with Gasteiger partial charge >= 0.3 is 5.97 Å². The zero-order valence-corrected chi connectivity index (χ0v) is 9.26. The van der Waals surface area contributed by atoms with Gasteiger partial charge in [-0.25, -0.2) is 18.4 Å². The highest BCUT2D eigenvalue weighted by Gasteiger charge is 2.17. The van der Waals surface area contributed by atoms with Crippen LogP contribution in [-0.2, 0) is 10.0 Å². The molecule has 5 nitrogen and oxygen atoms in total. The number of benzene rings is 1. The number of aromatic carboxylic acids is 1. The highest BCUT2D eigenvalue weighted by molar-refractivity contribution is 7.89. The average Bonchev–Trinajstić information content (AvgIpc) is 2.06. The fourth-order valence-corrected chi connectivity index (χ4v) is 1.87. The van der Waals surface area contributed by atoms with Crippen molar-refractivity contribution >= 4 is 27.6 Å². The van der Waals surface area contributed by atoms with Crippen LogP contribution in [0.3, 0.4) is 0 Å². The molecule has 1 aromatic carbocycles. The Balaban J connectivity index is 3.57. The van der Waals surface area contributed by atoms with E-state index < -0.39 is 16.0 Å². The second-order valence-corrected chi connectivity index (χ2v) is 4.89. The molecular formula is C8H8ClNO4S. The molecule has 15 heavy (non-hydrogen) atoms. The summed E-state index contributed by atoms with van der Waals surface area (Å²) in [6.45, 7) is 1.50. The molecule has 0 unspecified atom stereocenters. The summed E-state index contributed by atoms with van der Waals surface area (Å²) in [5.74, 6) is -1.30. The first-order valence-electron chi connectivity index (χ1n) is 3.79. The number of halogens is 1. The summed E-state index contributed by atoms with van der Waals surface area (Å²) in [5, 5.41) is 13.7. The highest BCUT2D eigenvalue weighted by atomic mass is 35.5. The van der Waals surface area contributed by atoms with Gasteiger partial charge in [-0.2, -0.15) is 0 Å². The molecule has 0 radical (unpaired) electrons. The minimum absolute atomic E-state index is 0.00917. The molecule has 3 N–H and O–H groups in total. The molecule has 0 atom stereocenters. The molecule has 0 saturated heterocycles. The Morgan fingerprint density at radius 1 is 1.47 bits per heavy atom. The Labute approximate surface area is 91.5 Å². The van der Waals surface area contributed by atoms with E-state index in [1.807, 2.05) is 0 Å². The van der Waals surface area contributed by atoms with Gasteiger partial charge in [0.05, 0.1) is 15.5 Å². The van der Waals surface area contributed by atoms with E-state index in [1.54, 1.807) is 0 Å². The van der Waals surface area contributed by atoms with Crippen LogP contribution in [0.15, 0.2) is 17.0 Å². The van der Waals surface area contributed by atoms with E-state index in [0.717, 1.165) is 6.07 Å². The first-order valence-corrected chi connectivity index (χ1v) is 5.72. The fraction of sp³-hybridized carbons (Fsp3) is 0.125. The van der Waals surface area contributed by atoms with E-state index in [-0.39, 0.29) is 15.5 Å². The van der Waals surface area contributed by atoms with Crippen LogP contribution in [0.1, 0.15) is 15.9 Å². The Kier molecular flexibility index (Phi) is 3.03. The van der Waals surface area contributed by atoms with Crippen LogP contribution in [0.2, 0.25) is 5.02 Å². The van der Waals surface area contributed by atoms with Gasteiger partial charge in [0.25, 0.3) is 0 Å². The van der Waals surface area contributed by atoms with Crippen molar-refractivity contribution in [2.75, 3.05) is 0 Å². The number of carboxylic acid groups (broad SMARTS) is 1. The second kappa shape index (κ2) is 3.80. The Morgan fingerprint density at radius 2 is 2.00 bits per heavy atom. The summed E-state index contributed by atoms with van der Waals surface area (Å²) in [6, 6.07) is 2.16. The van der Waals surface area contributed by atoms with E-state index in [2.05, 4.69) is 0 Å². The Morgan fingerprint density at radius 3 is 2.40 bits per heavy atom. The van der Waals surface area contributed by atoms with Crippen LogP contribution < -0.4 is 5.14 Å². The number of carboxylic acids is 1. The lowest BCUT2D eigenvalue weighted by molar-refractivity contribution is 0.0696. The van der Waals surface area contributed by atoms with Crippen LogP contribution in [0.25, 0.3) is 0 Å². The second-order valence-electron chi connectivity index (χ2n) is 2.95. The summed E-state index contributed by atoms with van der Waals surface area (Å²) < 4.78 is 22.0. The molecule has 7 heteroatoms. The number of nitrogens with two attached hydrogens (primary N) is 1. The molecule has 0 aromatic heterocycles. The molecule has 1 aromatic rings. The topological polar surface area (TPSA) is 97.5 Å². The van der Waals surface area contributed by atoms with Crippen molar-refractivity contribution in [1.82, 2.24) is 0 Å². The minimum Gasteiger partial charge on any atom is -0.478 e. The van der Waals surface area contributed by atoms with Gasteiger partial charge in [-0.15, -0.1) is 0 Å². The lowest BCUT2D eigenvalue weighted by Gasteiger charge is -2.05. The van der Waals surface area contributed by atoms with Gasteiger partial charge in [-0.1, -0.05) is 11.6 Å². The minimum atomic E-state index is -3.92. The quantitative estimate of drug-likeness (QED) is 0.817. The van der Waals surface area contributed by atoms with E-state index in [1.165, 1.54) is 13.0 Å². The van der Waals surface area contributed by atoms with Gasteiger partial charge in [0.1, 0.15) is 0 Å². The molecule has 0 aliphatic rings. The summed E-state index contributed by atoms with van der Waals surface area (Å²) >= 11 is 5.69. The summed E-state index contributed by atoms with van der Waals surface area (Å²) in [5.41, 5.74) is 0.0706. The molecule has 1 rings (SSSR count). The molecule has 0 bridgehead atoms. The third-order valence-corrected chi connectivity index (χ3v) is 3.18. The van der Waals surface area contributed by atoms with Crippen LogP contribution >= 0.6 is 11.6 Å². The Hall–Kier alpha value is -1.11. The van der Waals surface area contributed by atoms with Crippen LogP contribution in [0.4, 0.5) is 0 Å². The van der Waals surface area contributed by atoms with Crippen molar-refractivity contribution in [2.45, 2.75) is 11.8 Å². The SMILES string of the molecule is Cc1cc(S(N)(=O)=O)cc(C(=O)O)c1Cl. The highest BCUT2D eigenvalue weighted by Crippen LogP contribution is 2.24. The molecule has 0 heterocycles. The lowest BCUT2D eigenvalue weighted by atomic mass is 10.1. The monoisotopic (exact) mass is 249 g/mol. The maximum Gasteiger partial charge on any atom is 0.337 e. The number of carbonyl (C=O) groups is 1. The van der Waals surface area contributed by atoms with Crippen molar-refractivity contribution in [3.05, 3.63) is 28.3 Å². The fourth-order valence-electron chi connectivity index (χ4n) is 1.06. The number of rotatable bonds is 2. The summed E-state index contributed by atoms with van der Waals surface area (Å²) in [7, 11) is -3.92. The first-order chi connectivity index (χ1) is 6.73. The van der Waals surface area contributed by atoms with E-state index in [4.69, 9.17) is 21.8 Å². The van der Waals surface area contributed by atoms with Gasteiger partial charge in [0.15, 0.2) is 0 Å². The van der Waals surface area contributed by atoms with Crippen LogP contribution in [0, 0.1) is 6.92 Å². The van der Waals surface area contributed by atoms with E-state index >= 15 is 0 Å². The predicted octanol–water partition coefficient (Wildman–Crippen LogP) is 0.994. The van der Waals surface area contributed by atoms with Gasteiger partial charge < -0.3 is 5.11 Å². The van der Waals surface area contributed by atoms with Crippen molar-refractivity contribution in [3.63, 3.8) is 0 Å². The number of sulfonamides is 1. The van der Waals surface area contributed by atoms with Crippen LogP contribution in [0.5, 0.6) is 0 Å². The molecule has 0 amide bonds. The molecule has 0 aliphatic heterocycles. The van der Waals surface area contributed by atoms with Gasteiger partial charge in [-0.3, -0.25) is 0 Å². The maximum absolute atomic E-state index is 11.0. The lowest BCUT2D eigenvalue weighted by Crippen LogP contribution is -2.13. The third kappa shape index (κ3) is 2.47. The normalized spacial score (nSPS) is 11.4. The molecule has 0 fully saturated rings. The molecule has 0 spiro atoms. The zero-order valence-electron chi connectivity index (χ0n) is 7.69. The summed E-state index contributed by atoms with van der Waals surface area (Å²) in [4.78, 5) is 10.5. The molecule has 0 saturated carbocycles. The third-order valence-electron chi connectivity index (χ3n) is 1.79. The molecule has 82 valence electrons. The van der Waals surface area contributed by atoms with Crippen molar-refractivity contribution in [1.29, 1.82) is 0 Å². The van der Waals surface area contributed by atoms with Crippen LogP contribution in [-0.4, -0.2) is 19.5 Å². The van der Waals surface area contributed by atoms with Crippen molar-refractivity contribution in [2.24, 2.45) is 5.14 Å². The van der Waals surface area contributed by atoms with E-state index in [9.17, 15) is 13.2 Å². The summed E-state index contributed by atoms with van der Waals surface area (Å²) in [6.07, 6.45) is 0. The van der Waals surface area contributed by atoms with Crippen molar-refractivity contribution in [3.8, 4) is 0 Å². The number of hydrogen-bond donors (Lipinski definition) is 2. The van der Waals surface area contributed by atoms with E-state index in [0.29, 0.717) is 5.56 Å². The number of primary sulfonamides is 1. The maximum atomic E-state index is 11.0. The van der Waals surface area contributed by atoms with Gasteiger partial charge in [-0.05, 0) is 24.6 Å². The standard InChI is InChI=1S/C8H8ClNO4S/c1-4-2-5(15(10,13)14)3-6(7(4)9)8(11)12/h2-3H,1H3,(H,11,12)(H2,10,13,14). The zero-order chi connectivity index (χ0) is 11.8. The number of aryl methyl sites for hydroxylation is 1. The predicted molar refractivity (Wildman–Crippen MR) is 54.5 cm³/mol. The van der Waals surface area contributed by atoms with Crippen molar-refractivity contribution < 1.29 is 18.3 Å². The van der Waals surface area contributed by atoms with Gasteiger partial charge in [0.2, 0.25) is 10.0 Å². The first kappa shape index (κ1) is 12.0. The number of hydrogen-bond acceptors (Lipinski definition) is 3. The largest absolute Gasteiger partial charge is 0.478 e. The van der Waals surface area contributed by atoms with Gasteiger partial charge in [0, 0.05) is 0 Å². The molecule has 0 aliphatic carbocycles. The average molecular weight is 250 g/mol. The molecular weight excluding hydrogens is 242 g/mol. The Bertz CT molecular complexity index is 524. The smallest absolute Gasteiger partial charge is 0.337 e.